The van der Waals surface area contributed by atoms with Crippen LogP contribution in [0.3, 0.4) is 0 Å². The molecular weight excluding hydrogens is 128 g/mol. The molecule has 10 heavy (non-hydrogen) atoms. The standard InChI is InChI=1S/C4H8O.C4H10O/c1-2-4-5-3-1;1-4(2)5-3/h1-4H2;4H,1-3H3. The number of hydrogen-bond donors (Lipinski definition) is 0. The minimum absolute atomic E-state index is 0.384. The maximum Gasteiger partial charge on any atom is 0.0515 e. The Bertz CT molecular complexity index is 50.7. The van der Waals surface area contributed by atoms with Crippen molar-refractivity contribution in [2.75, 3.05) is 20.3 Å². The van der Waals surface area contributed by atoms with Gasteiger partial charge in [-0.05, 0) is 26.7 Å². The molecule has 0 bridgehead atoms. The molecule has 0 saturated carbocycles. The summed E-state index contributed by atoms with van der Waals surface area (Å²) in [6.45, 7) is 6.00. The van der Waals surface area contributed by atoms with Gasteiger partial charge in [0.1, 0.15) is 0 Å². The zero-order chi connectivity index (χ0) is 7.82. The Hall–Kier alpha value is -0.0800. The second-order valence-corrected chi connectivity index (χ2v) is 2.60. The molecule has 1 rings (SSSR count). The van der Waals surface area contributed by atoms with Crippen molar-refractivity contribution in [3.05, 3.63) is 0 Å². The van der Waals surface area contributed by atoms with Crippen molar-refractivity contribution >= 4 is 0 Å². The molecule has 1 heterocycles. The maximum absolute atomic E-state index is 4.94. The van der Waals surface area contributed by atoms with Gasteiger partial charge >= 0.3 is 0 Å². The highest BCUT2D eigenvalue weighted by Crippen LogP contribution is 1.98. The second-order valence-electron chi connectivity index (χ2n) is 2.60. The van der Waals surface area contributed by atoms with Crippen LogP contribution < -0.4 is 0 Å². The summed E-state index contributed by atoms with van der Waals surface area (Å²) < 4.78 is 9.69. The summed E-state index contributed by atoms with van der Waals surface area (Å²) in [6, 6.07) is 0. The Morgan fingerprint density at radius 3 is 1.70 bits per heavy atom. The summed E-state index contributed by atoms with van der Waals surface area (Å²) in [6.07, 6.45) is 2.94. The zero-order valence-corrected chi connectivity index (χ0v) is 7.22. The van der Waals surface area contributed by atoms with Gasteiger partial charge in [-0.1, -0.05) is 0 Å². The molecule has 2 nitrogen and oxygen atoms in total. The molecule has 0 radical (unpaired) electrons. The molecule has 0 amide bonds. The van der Waals surface area contributed by atoms with Crippen LogP contribution in [0.5, 0.6) is 0 Å². The van der Waals surface area contributed by atoms with Crippen LogP contribution in [-0.4, -0.2) is 26.4 Å². The second kappa shape index (κ2) is 7.03. The van der Waals surface area contributed by atoms with Gasteiger partial charge in [-0.2, -0.15) is 0 Å². The van der Waals surface area contributed by atoms with Crippen molar-refractivity contribution in [2.45, 2.75) is 32.8 Å². The lowest BCUT2D eigenvalue weighted by molar-refractivity contribution is 0.134. The minimum Gasteiger partial charge on any atom is -0.382 e. The van der Waals surface area contributed by atoms with E-state index in [0.717, 1.165) is 13.2 Å². The third-order valence-electron chi connectivity index (χ3n) is 1.30. The van der Waals surface area contributed by atoms with E-state index in [9.17, 15) is 0 Å². The summed E-state index contributed by atoms with van der Waals surface area (Å²) in [5, 5.41) is 0. The highest BCUT2D eigenvalue weighted by atomic mass is 16.5. The quantitative estimate of drug-likeness (QED) is 0.562. The Morgan fingerprint density at radius 2 is 1.60 bits per heavy atom. The van der Waals surface area contributed by atoms with E-state index in [4.69, 9.17) is 9.47 Å². The van der Waals surface area contributed by atoms with E-state index < -0.39 is 0 Å². The smallest absolute Gasteiger partial charge is 0.0515 e. The van der Waals surface area contributed by atoms with Crippen LogP contribution in [0, 0.1) is 0 Å². The average Bonchev–Trinajstić information content (AvgIpc) is 2.43. The fraction of sp³-hybridized carbons (Fsp3) is 1.00. The molecule has 0 N–H and O–H groups in total. The highest BCUT2D eigenvalue weighted by Gasteiger charge is 1.94. The third-order valence-corrected chi connectivity index (χ3v) is 1.30. The predicted molar refractivity (Wildman–Crippen MR) is 42.2 cm³/mol. The lowest BCUT2D eigenvalue weighted by Crippen LogP contribution is -1.94. The summed E-state index contributed by atoms with van der Waals surface area (Å²) in [7, 11) is 1.70. The number of methoxy groups -OCH3 is 1. The van der Waals surface area contributed by atoms with Crippen molar-refractivity contribution in [1.82, 2.24) is 0 Å². The molecule has 62 valence electrons. The summed E-state index contributed by atoms with van der Waals surface area (Å²) >= 11 is 0. The van der Waals surface area contributed by atoms with E-state index >= 15 is 0 Å². The molecule has 1 saturated heterocycles. The predicted octanol–water partition coefficient (Wildman–Crippen LogP) is 1.84. The molecule has 0 spiro atoms. The van der Waals surface area contributed by atoms with Crippen LogP contribution in [0.4, 0.5) is 0 Å². The maximum atomic E-state index is 4.94. The molecule has 0 atom stereocenters. The summed E-state index contributed by atoms with van der Waals surface area (Å²) in [4.78, 5) is 0. The van der Waals surface area contributed by atoms with E-state index in [2.05, 4.69) is 0 Å². The minimum atomic E-state index is 0.384. The largest absolute Gasteiger partial charge is 0.382 e. The van der Waals surface area contributed by atoms with E-state index in [0.29, 0.717) is 6.10 Å². The molecule has 0 aromatic heterocycles. The van der Waals surface area contributed by atoms with Gasteiger partial charge in [0.25, 0.3) is 0 Å². The van der Waals surface area contributed by atoms with Crippen molar-refractivity contribution in [1.29, 1.82) is 0 Å². The van der Waals surface area contributed by atoms with Gasteiger partial charge in [0.05, 0.1) is 6.10 Å². The van der Waals surface area contributed by atoms with Gasteiger partial charge < -0.3 is 9.47 Å². The van der Waals surface area contributed by atoms with Crippen molar-refractivity contribution in [3.63, 3.8) is 0 Å². The van der Waals surface area contributed by atoms with Gasteiger partial charge in [-0.3, -0.25) is 0 Å². The number of ether oxygens (including phenoxy) is 2. The van der Waals surface area contributed by atoms with Gasteiger partial charge in [0, 0.05) is 20.3 Å². The monoisotopic (exact) mass is 146 g/mol. The van der Waals surface area contributed by atoms with E-state index in [1.54, 1.807) is 7.11 Å². The SMILES string of the molecule is C1CCOC1.COC(C)C. The van der Waals surface area contributed by atoms with Crippen LogP contribution in [-0.2, 0) is 9.47 Å². The van der Waals surface area contributed by atoms with E-state index in [1.807, 2.05) is 13.8 Å². The normalized spacial score (nSPS) is 16.8. The molecule has 1 aliphatic rings. The van der Waals surface area contributed by atoms with Crippen molar-refractivity contribution < 1.29 is 9.47 Å². The van der Waals surface area contributed by atoms with Crippen molar-refractivity contribution in [3.8, 4) is 0 Å². The molecular formula is C8H18O2. The van der Waals surface area contributed by atoms with Crippen LogP contribution in [0.25, 0.3) is 0 Å². The molecule has 0 aromatic rings. The zero-order valence-electron chi connectivity index (χ0n) is 7.22. The van der Waals surface area contributed by atoms with Gasteiger partial charge in [-0.15, -0.1) is 0 Å². The fourth-order valence-corrected chi connectivity index (χ4v) is 0.510. The first-order valence-electron chi connectivity index (χ1n) is 3.88. The summed E-state index contributed by atoms with van der Waals surface area (Å²) in [5.74, 6) is 0. The van der Waals surface area contributed by atoms with Crippen LogP contribution in [0.15, 0.2) is 0 Å². The van der Waals surface area contributed by atoms with Gasteiger partial charge in [0.2, 0.25) is 0 Å². The molecule has 0 aromatic carbocycles. The fourth-order valence-electron chi connectivity index (χ4n) is 0.510. The summed E-state index contributed by atoms with van der Waals surface area (Å²) in [5.41, 5.74) is 0. The first kappa shape index (κ1) is 9.92. The Balaban J connectivity index is 0.000000162. The Morgan fingerprint density at radius 1 is 1.20 bits per heavy atom. The molecule has 0 aliphatic carbocycles. The van der Waals surface area contributed by atoms with Crippen LogP contribution >= 0.6 is 0 Å². The Labute approximate surface area is 63.5 Å². The van der Waals surface area contributed by atoms with E-state index in [-0.39, 0.29) is 0 Å². The van der Waals surface area contributed by atoms with Crippen LogP contribution in [0.1, 0.15) is 26.7 Å². The Kier molecular flexibility index (Phi) is 6.98. The number of hydrogen-bond acceptors (Lipinski definition) is 2. The molecule has 0 unspecified atom stereocenters. The molecule has 2 heteroatoms. The lowest BCUT2D eigenvalue weighted by Gasteiger charge is -1.94. The third kappa shape index (κ3) is 7.92. The van der Waals surface area contributed by atoms with Crippen molar-refractivity contribution in [2.24, 2.45) is 0 Å². The number of rotatable bonds is 1. The van der Waals surface area contributed by atoms with Crippen LogP contribution in [0.2, 0.25) is 0 Å². The highest BCUT2D eigenvalue weighted by molar-refractivity contribution is 4.43. The molecule has 1 fully saturated rings. The topological polar surface area (TPSA) is 18.5 Å². The van der Waals surface area contributed by atoms with E-state index in [1.165, 1.54) is 12.8 Å². The first-order valence-corrected chi connectivity index (χ1v) is 3.88. The molecule has 1 aliphatic heterocycles. The van der Waals surface area contributed by atoms with Gasteiger partial charge in [0.15, 0.2) is 0 Å². The average molecular weight is 146 g/mol. The van der Waals surface area contributed by atoms with Gasteiger partial charge in [-0.25, -0.2) is 0 Å². The lowest BCUT2D eigenvalue weighted by atomic mass is 10.4. The first-order chi connectivity index (χ1) is 4.77.